The van der Waals surface area contributed by atoms with Gasteiger partial charge in [0.05, 0.1) is 28.7 Å². The molecule has 2 amide bonds. The number of carbonyl (C=O) groups excluding carboxylic acids is 1. The molecule has 12 heteroatoms. The van der Waals surface area contributed by atoms with Gasteiger partial charge in [0.1, 0.15) is 22.7 Å². The molecule has 4 heterocycles. The molecule has 1 atom stereocenters. The van der Waals surface area contributed by atoms with Gasteiger partial charge in [-0.2, -0.15) is 9.64 Å². The Hall–Kier alpha value is -4.24. The van der Waals surface area contributed by atoms with Crippen molar-refractivity contribution >= 4 is 45.9 Å². The first-order valence-corrected chi connectivity index (χ1v) is 11.3. The van der Waals surface area contributed by atoms with Gasteiger partial charge in [-0.3, -0.25) is 4.79 Å². The number of hydrogen-bond donors (Lipinski definition) is 4. The Labute approximate surface area is 199 Å². The Balaban J connectivity index is 1.40. The molecular formula is C22H22N8O3S. The topological polar surface area (TPSA) is 156 Å². The minimum Gasteiger partial charge on any atom is -0.465 e. The van der Waals surface area contributed by atoms with Crippen LogP contribution in [0.5, 0.6) is 0 Å². The third kappa shape index (κ3) is 5.38. The number of likely N-dealkylation sites (tertiary alicyclic amines) is 1. The molecule has 1 fully saturated rings. The molecule has 0 radical (unpaired) electrons. The van der Waals surface area contributed by atoms with Crippen LogP contribution in [-0.4, -0.2) is 55.5 Å². The zero-order valence-corrected chi connectivity index (χ0v) is 19.1. The van der Waals surface area contributed by atoms with Crippen molar-refractivity contribution in [3.63, 3.8) is 0 Å². The second-order valence-corrected chi connectivity index (χ2v) is 8.51. The van der Waals surface area contributed by atoms with Gasteiger partial charge in [-0.15, -0.1) is 0 Å². The summed E-state index contributed by atoms with van der Waals surface area (Å²) >= 11 is 1.15. The third-order valence-electron chi connectivity index (χ3n) is 5.29. The lowest BCUT2D eigenvalue weighted by atomic mass is 10.1. The fourth-order valence-electron chi connectivity index (χ4n) is 3.60. The van der Waals surface area contributed by atoms with Crippen molar-refractivity contribution in [3.05, 3.63) is 53.5 Å². The first-order chi connectivity index (χ1) is 16.4. The molecule has 1 unspecified atom stereocenters. The van der Waals surface area contributed by atoms with Gasteiger partial charge in [0.15, 0.2) is 0 Å². The molecule has 34 heavy (non-hydrogen) atoms. The van der Waals surface area contributed by atoms with Crippen LogP contribution >= 0.6 is 11.5 Å². The van der Waals surface area contributed by atoms with Crippen LogP contribution in [0.4, 0.5) is 27.1 Å². The fourth-order valence-corrected chi connectivity index (χ4v) is 4.40. The Morgan fingerprint density at radius 2 is 2.00 bits per heavy atom. The van der Waals surface area contributed by atoms with Crippen LogP contribution in [-0.2, 0) is 0 Å². The molecule has 0 aromatic carbocycles. The van der Waals surface area contributed by atoms with E-state index in [1.165, 1.54) is 11.1 Å². The zero-order valence-electron chi connectivity index (χ0n) is 18.3. The molecule has 4 rings (SSSR count). The Morgan fingerprint density at radius 1 is 1.21 bits per heavy atom. The lowest BCUT2D eigenvalue weighted by Gasteiger charge is -2.31. The van der Waals surface area contributed by atoms with Gasteiger partial charge in [0.25, 0.3) is 5.91 Å². The maximum absolute atomic E-state index is 13.0. The number of anilines is 4. The summed E-state index contributed by atoms with van der Waals surface area (Å²) in [6, 6.07) is 8.77. The standard InChI is InChI=1S/C22H22N8O3S/c1-13-19(21(34-29-13)28-18-6-4-14(9-23)10-24-18)20(31)27-15-5-7-17(25-11-15)26-16-3-2-8-30(12-16)22(32)33/h4-7,10-11,16H,2-3,8,12H2,1H3,(H,24,28)(H,25,26)(H,27,31)(H,32,33). The lowest BCUT2D eigenvalue weighted by molar-refractivity contribution is 0.102. The van der Waals surface area contributed by atoms with Crippen LogP contribution in [0.1, 0.15) is 34.5 Å². The fraction of sp³-hybridized carbons (Fsp3) is 0.273. The summed E-state index contributed by atoms with van der Waals surface area (Å²) in [5, 5.41) is 27.8. The van der Waals surface area contributed by atoms with E-state index in [1.54, 1.807) is 37.4 Å². The molecule has 1 aliphatic rings. The van der Waals surface area contributed by atoms with E-state index in [0.29, 0.717) is 52.2 Å². The van der Waals surface area contributed by atoms with Gasteiger partial charge in [0.2, 0.25) is 0 Å². The molecule has 3 aromatic rings. The number of pyridine rings is 2. The highest BCUT2D eigenvalue weighted by Gasteiger charge is 2.23. The number of nitrogens with zero attached hydrogens (tertiary/aromatic N) is 5. The highest BCUT2D eigenvalue weighted by atomic mass is 32.1. The third-order valence-corrected chi connectivity index (χ3v) is 6.14. The second-order valence-electron chi connectivity index (χ2n) is 7.74. The summed E-state index contributed by atoms with van der Waals surface area (Å²) in [7, 11) is 0. The number of nitrogens with one attached hydrogen (secondary N) is 3. The molecule has 0 saturated carbocycles. The van der Waals surface area contributed by atoms with Crippen LogP contribution in [0.2, 0.25) is 0 Å². The number of rotatable bonds is 6. The van der Waals surface area contributed by atoms with Crippen LogP contribution in [0.15, 0.2) is 36.7 Å². The van der Waals surface area contributed by atoms with Crippen LogP contribution in [0.25, 0.3) is 0 Å². The van der Waals surface area contributed by atoms with E-state index in [2.05, 4.69) is 30.3 Å². The predicted octanol–water partition coefficient (Wildman–Crippen LogP) is 3.66. The SMILES string of the molecule is Cc1nsc(Nc2ccc(C#N)cn2)c1C(=O)Nc1ccc(NC2CCCN(C(=O)O)C2)nc1. The minimum absolute atomic E-state index is 0.0122. The first-order valence-electron chi connectivity index (χ1n) is 10.5. The van der Waals surface area contributed by atoms with E-state index in [0.717, 1.165) is 24.4 Å². The number of piperidine rings is 1. The molecule has 3 aromatic heterocycles. The largest absolute Gasteiger partial charge is 0.465 e. The average molecular weight is 479 g/mol. The highest BCUT2D eigenvalue weighted by molar-refractivity contribution is 7.10. The van der Waals surface area contributed by atoms with Crippen LogP contribution < -0.4 is 16.0 Å². The van der Waals surface area contributed by atoms with E-state index in [9.17, 15) is 14.7 Å². The van der Waals surface area contributed by atoms with Gasteiger partial charge in [-0.1, -0.05) is 0 Å². The Kier molecular flexibility index (Phi) is 6.84. The second kappa shape index (κ2) is 10.1. The van der Waals surface area contributed by atoms with E-state index in [1.807, 2.05) is 6.07 Å². The molecule has 0 spiro atoms. The maximum Gasteiger partial charge on any atom is 0.407 e. The summed E-state index contributed by atoms with van der Waals surface area (Å²) in [6.07, 6.45) is 3.73. The minimum atomic E-state index is -0.917. The van der Waals surface area contributed by atoms with Crippen molar-refractivity contribution in [2.24, 2.45) is 0 Å². The molecular weight excluding hydrogens is 456 g/mol. The summed E-state index contributed by atoms with van der Waals surface area (Å²) in [4.78, 5) is 34.1. The van der Waals surface area contributed by atoms with E-state index >= 15 is 0 Å². The smallest absolute Gasteiger partial charge is 0.407 e. The Morgan fingerprint density at radius 3 is 2.68 bits per heavy atom. The molecule has 0 bridgehead atoms. The number of hydrogen-bond acceptors (Lipinski definition) is 9. The quantitative estimate of drug-likeness (QED) is 0.415. The predicted molar refractivity (Wildman–Crippen MR) is 128 cm³/mol. The first kappa shape index (κ1) is 22.9. The number of aryl methyl sites for hydroxylation is 1. The van der Waals surface area contributed by atoms with Crippen molar-refractivity contribution in [2.75, 3.05) is 29.0 Å². The average Bonchev–Trinajstić information content (AvgIpc) is 3.21. The van der Waals surface area contributed by atoms with Gasteiger partial charge >= 0.3 is 6.09 Å². The highest BCUT2D eigenvalue weighted by Crippen LogP contribution is 2.28. The number of amides is 2. The van der Waals surface area contributed by atoms with Crippen LogP contribution in [0.3, 0.4) is 0 Å². The van der Waals surface area contributed by atoms with Gasteiger partial charge in [-0.05, 0) is 55.6 Å². The Bertz CT molecular complexity index is 1220. The van der Waals surface area contributed by atoms with Gasteiger partial charge in [-0.25, -0.2) is 14.8 Å². The molecule has 1 aliphatic heterocycles. The van der Waals surface area contributed by atoms with Crippen molar-refractivity contribution in [3.8, 4) is 6.07 Å². The van der Waals surface area contributed by atoms with E-state index < -0.39 is 6.09 Å². The van der Waals surface area contributed by atoms with Crippen molar-refractivity contribution in [1.82, 2.24) is 19.2 Å². The number of carboxylic acid groups (broad SMARTS) is 1. The van der Waals surface area contributed by atoms with Gasteiger partial charge in [0, 0.05) is 25.3 Å². The van der Waals surface area contributed by atoms with Crippen LogP contribution in [0, 0.1) is 18.3 Å². The van der Waals surface area contributed by atoms with Crippen molar-refractivity contribution in [1.29, 1.82) is 5.26 Å². The van der Waals surface area contributed by atoms with E-state index in [4.69, 9.17) is 5.26 Å². The molecule has 0 aliphatic carbocycles. The normalized spacial score (nSPS) is 15.3. The zero-order chi connectivity index (χ0) is 24.1. The number of nitriles is 1. The summed E-state index contributed by atoms with van der Waals surface area (Å²) < 4.78 is 4.27. The summed E-state index contributed by atoms with van der Waals surface area (Å²) in [6.45, 7) is 2.70. The molecule has 174 valence electrons. The number of aromatic nitrogens is 3. The van der Waals surface area contributed by atoms with Crippen molar-refractivity contribution in [2.45, 2.75) is 25.8 Å². The van der Waals surface area contributed by atoms with Gasteiger partial charge < -0.3 is 26.0 Å². The lowest BCUT2D eigenvalue weighted by Crippen LogP contribution is -2.44. The van der Waals surface area contributed by atoms with Crippen molar-refractivity contribution < 1.29 is 14.7 Å². The maximum atomic E-state index is 13.0. The van der Waals surface area contributed by atoms with E-state index in [-0.39, 0.29) is 11.9 Å². The molecule has 11 nitrogen and oxygen atoms in total. The molecule has 4 N–H and O–H groups in total. The summed E-state index contributed by atoms with van der Waals surface area (Å²) in [5.41, 5.74) is 1.93. The molecule has 1 saturated heterocycles. The number of carbonyl (C=O) groups is 2. The summed E-state index contributed by atoms with van der Waals surface area (Å²) in [5.74, 6) is 0.769. The monoisotopic (exact) mass is 478 g/mol.